The number of hydrogen-bond acceptors (Lipinski definition) is 13. The summed E-state index contributed by atoms with van der Waals surface area (Å²) in [5.74, 6) is 0. The first kappa shape index (κ1) is 21.3. The molecule has 10 atom stereocenters. The van der Waals surface area contributed by atoms with Crippen molar-refractivity contribution in [2.24, 2.45) is 0 Å². The molecule has 0 radical (unpaired) electrons. The second kappa shape index (κ2) is 9.29. The van der Waals surface area contributed by atoms with E-state index in [1.165, 1.54) is 0 Å². The molecule has 2 heterocycles. The van der Waals surface area contributed by atoms with Gasteiger partial charge in [0.25, 0.3) is 6.47 Å². The first-order valence-electron chi connectivity index (χ1n) is 7.69. The normalized spacial score (nSPS) is 46.7. The van der Waals surface area contributed by atoms with Crippen LogP contribution in [0.5, 0.6) is 0 Å². The van der Waals surface area contributed by atoms with Gasteiger partial charge in [-0.05, 0) is 0 Å². The number of aliphatic hydroxyl groups excluding tert-OH is 6. The maximum absolute atomic E-state index is 10.7. The molecule has 0 aromatic rings. The zero-order valence-corrected chi connectivity index (χ0v) is 13.3. The minimum atomic E-state index is -1.79. The van der Waals surface area contributed by atoms with E-state index < -0.39 is 74.6 Å². The second-order valence-corrected chi connectivity index (χ2v) is 5.82. The molecule has 13 heteroatoms. The lowest BCUT2D eigenvalue weighted by Gasteiger charge is -2.45. The van der Waals surface area contributed by atoms with Gasteiger partial charge < -0.3 is 49.6 Å². The number of hydrogen-bond donors (Lipinski definition) is 7. The molecule has 0 spiro atoms. The zero-order valence-electron chi connectivity index (χ0n) is 13.3. The Morgan fingerprint density at radius 2 is 1.38 bits per heavy atom. The summed E-state index contributed by atoms with van der Waals surface area (Å²) in [4.78, 5) is 14.8. The first-order chi connectivity index (χ1) is 12.4. The molecule has 26 heavy (non-hydrogen) atoms. The molecule has 0 aromatic heterocycles. The van der Waals surface area contributed by atoms with E-state index in [4.69, 9.17) is 19.5 Å². The Morgan fingerprint density at radius 3 is 1.92 bits per heavy atom. The summed E-state index contributed by atoms with van der Waals surface area (Å²) < 4.78 is 20.3. The lowest BCUT2D eigenvalue weighted by atomic mass is 9.97. The number of aliphatic hydroxyl groups is 6. The largest absolute Gasteiger partial charge is 0.435 e. The zero-order chi connectivity index (χ0) is 19.4. The topological polar surface area (TPSA) is 205 Å². The molecule has 2 aliphatic heterocycles. The molecule has 0 aromatic carbocycles. The predicted molar refractivity (Wildman–Crippen MR) is 75.0 cm³/mol. The fourth-order valence-corrected chi connectivity index (χ4v) is 2.80. The molecule has 0 bridgehead atoms. The van der Waals surface area contributed by atoms with E-state index in [9.17, 15) is 35.4 Å². The summed E-state index contributed by atoms with van der Waals surface area (Å²) in [6.07, 6.45) is -15.8. The monoisotopic (exact) mass is 386 g/mol. The summed E-state index contributed by atoms with van der Waals surface area (Å²) in [5, 5.41) is 67.0. The van der Waals surface area contributed by atoms with Crippen LogP contribution in [0.4, 0.5) is 0 Å². The molecule has 0 amide bonds. The summed E-state index contributed by atoms with van der Waals surface area (Å²) in [5.41, 5.74) is 0. The van der Waals surface area contributed by atoms with Crippen molar-refractivity contribution in [2.75, 3.05) is 13.2 Å². The highest BCUT2D eigenvalue weighted by Gasteiger charge is 2.52. The van der Waals surface area contributed by atoms with E-state index in [0.29, 0.717) is 0 Å². The van der Waals surface area contributed by atoms with Crippen molar-refractivity contribution in [1.29, 1.82) is 0 Å². The van der Waals surface area contributed by atoms with E-state index in [1.54, 1.807) is 0 Å². The van der Waals surface area contributed by atoms with Gasteiger partial charge in [0, 0.05) is 0 Å². The molecule has 2 rings (SSSR count). The Bertz CT molecular complexity index is 448. The Morgan fingerprint density at radius 1 is 0.808 bits per heavy atom. The van der Waals surface area contributed by atoms with E-state index in [0.717, 1.165) is 0 Å². The number of ether oxygens (including phenoxy) is 4. The highest BCUT2D eigenvalue weighted by atomic mass is 17.1. The molecule has 0 saturated carbocycles. The standard InChI is InChI=1S/C13H22O13/c14-1-4-6(17)8(19)9(20)12(23-4)25-11-10(26-21)7(18)5(2-15)24-13(11)22-3-16/h3-15,17-21H,1-2H2. The minimum Gasteiger partial charge on any atom is -0.435 e. The van der Waals surface area contributed by atoms with E-state index in [1.807, 2.05) is 0 Å². The van der Waals surface area contributed by atoms with Gasteiger partial charge in [0.1, 0.15) is 36.6 Å². The van der Waals surface area contributed by atoms with Gasteiger partial charge >= 0.3 is 0 Å². The molecule has 2 saturated heterocycles. The third-order valence-electron chi connectivity index (χ3n) is 4.25. The molecule has 2 aliphatic rings. The molecular weight excluding hydrogens is 364 g/mol. The third-order valence-corrected chi connectivity index (χ3v) is 4.25. The second-order valence-electron chi connectivity index (χ2n) is 5.82. The van der Waals surface area contributed by atoms with Gasteiger partial charge in [-0.15, -0.1) is 0 Å². The van der Waals surface area contributed by atoms with Crippen molar-refractivity contribution in [3.05, 3.63) is 0 Å². The van der Waals surface area contributed by atoms with Crippen LogP contribution < -0.4 is 0 Å². The van der Waals surface area contributed by atoms with Gasteiger partial charge in [-0.25, -0.2) is 4.89 Å². The highest BCUT2D eigenvalue weighted by Crippen LogP contribution is 2.30. The maximum Gasteiger partial charge on any atom is 0.295 e. The minimum absolute atomic E-state index is 0.0190. The number of carbonyl (C=O) groups excluding carboxylic acids is 1. The quantitative estimate of drug-likeness (QED) is 0.125. The Labute approximate surface area is 146 Å². The summed E-state index contributed by atoms with van der Waals surface area (Å²) in [7, 11) is 0. The van der Waals surface area contributed by atoms with Crippen molar-refractivity contribution in [2.45, 2.75) is 61.4 Å². The SMILES string of the molecule is O=COC1OC(CO)C(O)C(OO)C1OC1OC(CO)C(O)C(O)C1O. The van der Waals surface area contributed by atoms with Gasteiger partial charge in [-0.3, -0.25) is 10.1 Å². The van der Waals surface area contributed by atoms with Crippen LogP contribution in [0.2, 0.25) is 0 Å². The van der Waals surface area contributed by atoms with Crippen LogP contribution in [-0.4, -0.2) is 117 Å². The third kappa shape index (κ3) is 4.13. The average molecular weight is 386 g/mol. The van der Waals surface area contributed by atoms with E-state index in [2.05, 4.69) is 9.62 Å². The molecule has 10 unspecified atom stereocenters. The van der Waals surface area contributed by atoms with Gasteiger partial charge in [-0.1, -0.05) is 0 Å². The van der Waals surface area contributed by atoms with Crippen LogP contribution >= 0.6 is 0 Å². The smallest absolute Gasteiger partial charge is 0.295 e. The number of rotatable bonds is 7. The van der Waals surface area contributed by atoms with Crippen LogP contribution in [0.25, 0.3) is 0 Å². The van der Waals surface area contributed by atoms with E-state index in [-0.39, 0.29) is 6.47 Å². The van der Waals surface area contributed by atoms with Gasteiger partial charge in [0.05, 0.1) is 13.2 Å². The van der Waals surface area contributed by atoms with Crippen molar-refractivity contribution in [3.63, 3.8) is 0 Å². The number of carbonyl (C=O) groups is 1. The van der Waals surface area contributed by atoms with Crippen molar-refractivity contribution >= 4 is 6.47 Å². The molecule has 2 fully saturated rings. The fraction of sp³-hybridized carbons (Fsp3) is 0.923. The van der Waals surface area contributed by atoms with E-state index >= 15 is 0 Å². The lowest BCUT2D eigenvalue weighted by Crippen LogP contribution is -2.65. The molecule has 0 aliphatic carbocycles. The first-order valence-corrected chi connectivity index (χ1v) is 7.69. The predicted octanol–water partition coefficient (Wildman–Crippen LogP) is -4.72. The molecular formula is C13H22O13. The average Bonchev–Trinajstić information content (AvgIpc) is 2.64. The van der Waals surface area contributed by atoms with Gasteiger partial charge in [-0.2, -0.15) is 0 Å². The van der Waals surface area contributed by atoms with Crippen LogP contribution in [0.15, 0.2) is 0 Å². The van der Waals surface area contributed by atoms with Crippen LogP contribution in [0, 0.1) is 0 Å². The highest BCUT2D eigenvalue weighted by molar-refractivity contribution is 5.37. The van der Waals surface area contributed by atoms with Gasteiger partial charge in [0.15, 0.2) is 18.5 Å². The maximum atomic E-state index is 10.7. The summed E-state index contributed by atoms with van der Waals surface area (Å²) in [6, 6.07) is 0. The van der Waals surface area contributed by atoms with Crippen molar-refractivity contribution in [1.82, 2.24) is 0 Å². The van der Waals surface area contributed by atoms with Crippen molar-refractivity contribution in [3.8, 4) is 0 Å². The van der Waals surface area contributed by atoms with Crippen LogP contribution in [-0.2, 0) is 28.6 Å². The van der Waals surface area contributed by atoms with Gasteiger partial charge in [0.2, 0.25) is 6.29 Å². The Balaban J connectivity index is 2.20. The van der Waals surface area contributed by atoms with Crippen molar-refractivity contribution < 1.29 is 64.5 Å². The fourth-order valence-electron chi connectivity index (χ4n) is 2.80. The van der Waals surface area contributed by atoms with Crippen LogP contribution in [0.3, 0.4) is 0 Å². The Kier molecular flexibility index (Phi) is 7.63. The lowest BCUT2D eigenvalue weighted by molar-refractivity contribution is -0.403. The summed E-state index contributed by atoms with van der Waals surface area (Å²) in [6.45, 7) is -1.43. The summed E-state index contributed by atoms with van der Waals surface area (Å²) >= 11 is 0. The Hall–Kier alpha value is -0.970. The molecule has 7 N–H and O–H groups in total. The molecule has 13 nitrogen and oxygen atoms in total. The molecule has 152 valence electrons. The van der Waals surface area contributed by atoms with Crippen LogP contribution in [0.1, 0.15) is 0 Å².